The van der Waals surface area contributed by atoms with Crippen LogP contribution < -0.4 is 30.9 Å². The molecule has 3 aromatic carbocycles. The molecule has 1 heterocycles. The van der Waals surface area contributed by atoms with Gasteiger partial charge in [0, 0.05) is 23.0 Å². The van der Waals surface area contributed by atoms with E-state index in [1.807, 2.05) is 0 Å². The summed E-state index contributed by atoms with van der Waals surface area (Å²) in [5.74, 6) is 0.284. The van der Waals surface area contributed by atoms with Gasteiger partial charge in [-0.2, -0.15) is 0 Å². The number of rotatable bonds is 7. The molecule has 4 rings (SSSR count). The number of hydrogen-bond donors (Lipinski definition) is 3. The number of anilines is 2. The highest BCUT2D eigenvalue weighted by Crippen LogP contribution is 2.28. The van der Waals surface area contributed by atoms with E-state index in [9.17, 15) is 13.2 Å². The van der Waals surface area contributed by atoms with Crippen LogP contribution in [-0.4, -0.2) is 25.3 Å². The van der Waals surface area contributed by atoms with Crippen LogP contribution >= 0.6 is 11.6 Å². The fourth-order valence-corrected chi connectivity index (χ4v) is 4.44. The zero-order chi connectivity index (χ0) is 24.3. The summed E-state index contributed by atoms with van der Waals surface area (Å²) in [5.41, 5.74) is 1.21. The topological polar surface area (TPSA) is 105 Å². The summed E-state index contributed by atoms with van der Waals surface area (Å²) in [7, 11) is -2.39. The Kier molecular flexibility index (Phi) is 6.49. The highest BCUT2D eigenvalue weighted by molar-refractivity contribution is 7.92. The van der Waals surface area contributed by atoms with Gasteiger partial charge in [-0.05, 0) is 48.5 Å². The van der Waals surface area contributed by atoms with Crippen molar-refractivity contribution in [1.29, 1.82) is 0 Å². The number of H-pyrrole nitrogens is 1. The first-order valence-electron chi connectivity index (χ1n) is 10.1. The van der Waals surface area contributed by atoms with Gasteiger partial charge in [0.25, 0.3) is 15.6 Å². The van der Waals surface area contributed by atoms with Gasteiger partial charge in [-0.15, -0.1) is 0 Å². The Morgan fingerprint density at radius 3 is 2.44 bits per heavy atom. The van der Waals surface area contributed by atoms with Gasteiger partial charge in [0.1, 0.15) is 5.75 Å². The number of halogens is 1. The number of methoxy groups -OCH3 is 1. The smallest absolute Gasteiger partial charge is 0.280 e. The minimum absolute atomic E-state index is 0.0309. The first-order chi connectivity index (χ1) is 16.3. The van der Waals surface area contributed by atoms with Crippen molar-refractivity contribution in [2.24, 2.45) is 0 Å². The van der Waals surface area contributed by atoms with Gasteiger partial charge in [-0.1, -0.05) is 36.4 Å². The van der Waals surface area contributed by atoms with Crippen LogP contribution in [-0.2, 0) is 10.0 Å². The number of nitrogens with zero attached hydrogens (tertiary/aromatic N) is 1. The second-order valence-electron chi connectivity index (χ2n) is 7.24. The summed E-state index contributed by atoms with van der Waals surface area (Å²) >= 11 is 5.92. The van der Waals surface area contributed by atoms with E-state index < -0.39 is 10.0 Å². The Hall–Kier alpha value is -3.95. The lowest BCUT2D eigenvalue weighted by Gasteiger charge is -2.12. The van der Waals surface area contributed by atoms with Crippen molar-refractivity contribution >= 4 is 45.8 Å². The van der Waals surface area contributed by atoms with Crippen molar-refractivity contribution in [3.63, 3.8) is 0 Å². The monoisotopic (exact) mass is 496 g/mol. The second-order valence-corrected chi connectivity index (χ2v) is 9.36. The number of aromatic nitrogens is 2. The molecule has 34 heavy (non-hydrogen) atoms. The van der Waals surface area contributed by atoms with Crippen LogP contribution in [0.1, 0.15) is 0 Å². The van der Waals surface area contributed by atoms with E-state index in [0.717, 1.165) is 0 Å². The molecule has 10 heteroatoms. The Morgan fingerprint density at radius 1 is 1.06 bits per heavy atom. The maximum Gasteiger partial charge on any atom is 0.280 e. The fraction of sp³-hybridized carbons (Fsp3) is 0.0417. The molecular weight excluding hydrogens is 476 g/mol. The molecule has 0 saturated heterocycles. The number of sulfonamides is 1. The zero-order valence-corrected chi connectivity index (χ0v) is 19.7. The molecule has 0 aliphatic rings. The molecule has 0 saturated carbocycles. The van der Waals surface area contributed by atoms with E-state index in [-0.39, 0.29) is 16.2 Å². The van der Waals surface area contributed by atoms with E-state index in [1.54, 1.807) is 60.7 Å². The lowest BCUT2D eigenvalue weighted by molar-refractivity contribution is 0.415. The number of nitrogens with one attached hydrogen (secondary N) is 3. The van der Waals surface area contributed by atoms with Gasteiger partial charge < -0.3 is 10.1 Å². The lowest BCUT2D eigenvalue weighted by atomic mass is 10.3. The molecule has 0 unspecified atom stereocenters. The number of ether oxygens (including phenoxy) is 1. The summed E-state index contributed by atoms with van der Waals surface area (Å²) in [5, 5.41) is 7.19. The third-order valence-corrected chi connectivity index (χ3v) is 6.60. The Bertz CT molecular complexity index is 1600. The predicted molar refractivity (Wildman–Crippen MR) is 135 cm³/mol. The van der Waals surface area contributed by atoms with Gasteiger partial charge in [-0.3, -0.25) is 14.6 Å². The maximum atomic E-state index is 12.9. The van der Waals surface area contributed by atoms with Crippen LogP contribution in [0.4, 0.5) is 11.4 Å². The molecule has 3 N–H and O–H groups in total. The summed E-state index contributed by atoms with van der Waals surface area (Å²) in [6.07, 6.45) is 1.49. The minimum Gasteiger partial charge on any atom is -0.495 e. The van der Waals surface area contributed by atoms with Gasteiger partial charge in [-0.25, -0.2) is 13.1 Å². The number of hydrogen-bond acceptors (Lipinski definition) is 5. The summed E-state index contributed by atoms with van der Waals surface area (Å²) in [6, 6.07) is 19.8. The molecule has 0 aliphatic heterocycles. The highest BCUT2D eigenvalue weighted by Gasteiger charge is 2.17. The molecule has 0 spiro atoms. The van der Waals surface area contributed by atoms with Crippen LogP contribution in [0.5, 0.6) is 5.75 Å². The third kappa shape index (κ3) is 4.85. The van der Waals surface area contributed by atoms with Crippen LogP contribution in [0.3, 0.4) is 0 Å². The summed E-state index contributed by atoms with van der Waals surface area (Å²) in [4.78, 5) is 12.9. The molecule has 0 radical (unpaired) electrons. The molecule has 1 aromatic heterocycles. The van der Waals surface area contributed by atoms with E-state index >= 15 is 0 Å². The average Bonchev–Trinajstić information content (AvgIpc) is 3.11. The Balaban J connectivity index is 1.63. The average molecular weight is 497 g/mol. The van der Waals surface area contributed by atoms with Gasteiger partial charge in [0.2, 0.25) is 0 Å². The number of para-hydroxylation sites is 1. The zero-order valence-electron chi connectivity index (χ0n) is 18.1. The molecule has 0 bridgehead atoms. The van der Waals surface area contributed by atoms with Crippen molar-refractivity contribution in [3.05, 3.63) is 98.7 Å². The Morgan fingerprint density at radius 2 is 1.76 bits per heavy atom. The van der Waals surface area contributed by atoms with Crippen LogP contribution in [0, 0.1) is 0 Å². The lowest BCUT2D eigenvalue weighted by Crippen LogP contribution is -2.34. The van der Waals surface area contributed by atoms with E-state index in [0.29, 0.717) is 32.7 Å². The molecular formula is C24H21ClN4O4S. The molecule has 0 fully saturated rings. The first-order valence-corrected chi connectivity index (χ1v) is 11.9. The first kappa shape index (κ1) is 23.2. The van der Waals surface area contributed by atoms with Gasteiger partial charge in [0.05, 0.1) is 33.9 Å². The van der Waals surface area contributed by atoms with Crippen molar-refractivity contribution in [2.45, 2.75) is 4.90 Å². The van der Waals surface area contributed by atoms with E-state index in [2.05, 4.69) is 21.7 Å². The summed E-state index contributed by atoms with van der Waals surface area (Å²) < 4.78 is 34.7. The molecule has 4 aromatic rings. The molecule has 0 atom stereocenters. The number of aromatic amines is 1. The van der Waals surface area contributed by atoms with Crippen LogP contribution in [0.2, 0.25) is 5.02 Å². The van der Waals surface area contributed by atoms with E-state index in [4.69, 9.17) is 16.3 Å². The molecule has 174 valence electrons. The SMILES string of the molecule is C=c1[nH]n(-c2ccc(Cl)cc2)c(=O)c1=CNc1ccc(S(=O)(=O)Nc2ccccc2)cc1OC. The highest BCUT2D eigenvalue weighted by atomic mass is 35.5. The normalized spacial score (nSPS) is 11.9. The van der Waals surface area contributed by atoms with Crippen LogP contribution in [0.25, 0.3) is 18.5 Å². The van der Waals surface area contributed by atoms with Crippen LogP contribution in [0.15, 0.2) is 82.5 Å². The molecule has 8 nitrogen and oxygen atoms in total. The summed E-state index contributed by atoms with van der Waals surface area (Å²) in [6.45, 7) is 3.89. The Labute approximate surface area is 200 Å². The largest absolute Gasteiger partial charge is 0.495 e. The van der Waals surface area contributed by atoms with Crippen molar-refractivity contribution < 1.29 is 13.2 Å². The van der Waals surface area contributed by atoms with Gasteiger partial charge in [0.15, 0.2) is 0 Å². The van der Waals surface area contributed by atoms with Crippen molar-refractivity contribution in [3.8, 4) is 11.4 Å². The standard InChI is InChI=1S/C24H21ClN4O4S/c1-16-21(24(30)29(27-16)19-10-8-17(25)9-11-19)15-26-22-13-12-20(14-23(22)33-2)34(31,32)28-18-6-4-3-5-7-18/h3-15,26-28H,1H2,2H3. The minimum atomic E-state index is -3.82. The predicted octanol–water partition coefficient (Wildman–Crippen LogP) is 2.89. The fourth-order valence-electron chi connectivity index (χ4n) is 3.24. The van der Waals surface area contributed by atoms with Crippen molar-refractivity contribution in [1.82, 2.24) is 9.78 Å². The molecule has 0 amide bonds. The van der Waals surface area contributed by atoms with Gasteiger partial charge >= 0.3 is 0 Å². The second kappa shape index (κ2) is 9.50. The third-order valence-electron chi connectivity index (χ3n) is 4.97. The molecule has 0 aliphatic carbocycles. The van der Waals surface area contributed by atoms with E-state index in [1.165, 1.54) is 30.1 Å². The maximum absolute atomic E-state index is 12.9. The number of benzene rings is 3. The quantitative estimate of drug-likeness (QED) is 0.365. The van der Waals surface area contributed by atoms with Crippen molar-refractivity contribution in [2.75, 3.05) is 17.1 Å².